The normalized spacial score (nSPS) is 16.4. The number of fused-ring (bicyclic) bond motifs is 1. The highest BCUT2D eigenvalue weighted by Crippen LogP contribution is 2.33. The molecule has 22 heavy (non-hydrogen) atoms. The Hall–Kier alpha value is -3.02. The van der Waals surface area contributed by atoms with Crippen LogP contribution in [-0.2, 0) is 4.79 Å². The highest BCUT2D eigenvalue weighted by molar-refractivity contribution is 6.03. The molecule has 2 aromatic carbocycles. The summed E-state index contributed by atoms with van der Waals surface area (Å²) in [5, 5.41) is 11.9. The van der Waals surface area contributed by atoms with Crippen LogP contribution in [0, 0.1) is 0 Å². The predicted molar refractivity (Wildman–Crippen MR) is 81.3 cm³/mol. The molecule has 0 aliphatic carbocycles. The zero-order valence-corrected chi connectivity index (χ0v) is 11.6. The third kappa shape index (κ3) is 2.71. The highest BCUT2D eigenvalue weighted by Gasteiger charge is 2.33. The summed E-state index contributed by atoms with van der Waals surface area (Å²) < 4.78 is 5.40. The minimum absolute atomic E-state index is 0.0506. The Balaban J connectivity index is 1.88. The van der Waals surface area contributed by atoms with Crippen molar-refractivity contribution in [2.24, 2.45) is 0 Å². The van der Waals surface area contributed by atoms with Gasteiger partial charge in [-0.15, -0.1) is 0 Å². The second kappa shape index (κ2) is 5.77. The first kappa shape index (κ1) is 13.9. The van der Waals surface area contributed by atoms with Gasteiger partial charge in [-0.25, -0.2) is 9.59 Å². The van der Waals surface area contributed by atoms with Gasteiger partial charge in [0.05, 0.1) is 12.2 Å². The van der Waals surface area contributed by atoms with E-state index in [1.54, 1.807) is 36.4 Å². The predicted octanol–water partition coefficient (Wildman–Crippen LogP) is 2.57. The molecule has 3 rings (SSSR count). The summed E-state index contributed by atoms with van der Waals surface area (Å²) in [6, 6.07) is 15.5. The first-order valence-electron chi connectivity index (χ1n) is 6.77. The molecule has 6 nitrogen and oxygen atoms in total. The summed E-state index contributed by atoms with van der Waals surface area (Å²) >= 11 is 0. The number of carboxylic acid groups (broad SMARTS) is 1. The van der Waals surface area contributed by atoms with Gasteiger partial charge >= 0.3 is 12.0 Å². The number of benzene rings is 2. The van der Waals surface area contributed by atoms with E-state index in [1.807, 2.05) is 18.2 Å². The molecule has 1 atom stereocenters. The fraction of sp³-hybridized carbons (Fsp3) is 0.125. The molecule has 1 heterocycles. The van der Waals surface area contributed by atoms with Gasteiger partial charge in [-0.1, -0.05) is 30.3 Å². The number of carboxylic acids is 1. The van der Waals surface area contributed by atoms with E-state index in [0.717, 1.165) is 0 Å². The molecular weight excluding hydrogens is 284 g/mol. The average Bonchev–Trinajstić information content (AvgIpc) is 2.54. The van der Waals surface area contributed by atoms with Gasteiger partial charge in [-0.3, -0.25) is 4.90 Å². The Morgan fingerprint density at radius 2 is 1.77 bits per heavy atom. The van der Waals surface area contributed by atoms with E-state index in [0.29, 0.717) is 17.1 Å². The lowest BCUT2D eigenvalue weighted by molar-refractivity contribution is -0.144. The van der Waals surface area contributed by atoms with E-state index >= 15 is 0 Å². The summed E-state index contributed by atoms with van der Waals surface area (Å²) in [5.74, 6) is -0.726. The van der Waals surface area contributed by atoms with E-state index in [4.69, 9.17) is 9.84 Å². The monoisotopic (exact) mass is 298 g/mol. The Morgan fingerprint density at radius 3 is 2.50 bits per heavy atom. The Kier molecular flexibility index (Phi) is 3.65. The molecule has 0 saturated carbocycles. The molecule has 0 saturated heterocycles. The quantitative estimate of drug-likeness (QED) is 0.893. The summed E-state index contributed by atoms with van der Waals surface area (Å²) in [6.45, 7) is -0.0506. The number of nitrogens with one attached hydrogen (secondary N) is 1. The largest absolute Gasteiger partial charge is 0.478 e. The SMILES string of the molecule is O=C(O)C1CN(C(=O)Nc2ccccc2)c2ccccc2O1. The van der Waals surface area contributed by atoms with Crippen molar-refractivity contribution in [3.8, 4) is 5.75 Å². The fourth-order valence-corrected chi connectivity index (χ4v) is 2.27. The van der Waals surface area contributed by atoms with Crippen LogP contribution in [0.15, 0.2) is 54.6 Å². The number of rotatable bonds is 2. The van der Waals surface area contributed by atoms with Crippen LogP contribution in [0.25, 0.3) is 0 Å². The van der Waals surface area contributed by atoms with Gasteiger partial charge in [-0.05, 0) is 24.3 Å². The second-order valence-corrected chi connectivity index (χ2v) is 4.82. The van der Waals surface area contributed by atoms with Crippen molar-refractivity contribution in [3.05, 3.63) is 54.6 Å². The smallest absolute Gasteiger partial charge is 0.346 e. The number of aliphatic carboxylic acids is 1. The maximum Gasteiger partial charge on any atom is 0.346 e. The Bertz CT molecular complexity index is 702. The number of hydrogen-bond donors (Lipinski definition) is 2. The fourth-order valence-electron chi connectivity index (χ4n) is 2.27. The number of amides is 2. The lowest BCUT2D eigenvalue weighted by Crippen LogP contribution is -2.48. The van der Waals surface area contributed by atoms with Crippen molar-refractivity contribution >= 4 is 23.4 Å². The van der Waals surface area contributed by atoms with Crippen LogP contribution in [0.2, 0.25) is 0 Å². The first-order chi connectivity index (χ1) is 10.6. The van der Waals surface area contributed by atoms with Gasteiger partial charge in [0.15, 0.2) is 0 Å². The number of carbonyl (C=O) groups excluding carboxylic acids is 1. The van der Waals surface area contributed by atoms with Crippen molar-refractivity contribution in [2.45, 2.75) is 6.10 Å². The summed E-state index contributed by atoms with van der Waals surface area (Å²) in [4.78, 5) is 25.1. The van der Waals surface area contributed by atoms with Crippen molar-refractivity contribution in [1.82, 2.24) is 0 Å². The molecule has 1 aliphatic rings. The van der Waals surface area contributed by atoms with Crippen molar-refractivity contribution < 1.29 is 19.4 Å². The Labute approximate surface area is 126 Å². The number of urea groups is 1. The first-order valence-corrected chi connectivity index (χ1v) is 6.77. The van der Waals surface area contributed by atoms with E-state index < -0.39 is 18.1 Å². The van der Waals surface area contributed by atoms with Gasteiger partial charge in [-0.2, -0.15) is 0 Å². The summed E-state index contributed by atoms with van der Waals surface area (Å²) in [6.07, 6.45) is -1.09. The minimum Gasteiger partial charge on any atom is -0.478 e. The highest BCUT2D eigenvalue weighted by atomic mass is 16.5. The van der Waals surface area contributed by atoms with Gasteiger partial charge < -0.3 is 15.2 Å². The molecule has 0 bridgehead atoms. The molecule has 0 fully saturated rings. The van der Waals surface area contributed by atoms with Crippen molar-refractivity contribution in [3.63, 3.8) is 0 Å². The van der Waals surface area contributed by atoms with Crippen LogP contribution in [0.3, 0.4) is 0 Å². The van der Waals surface area contributed by atoms with Crippen LogP contribution in [0.5, 0.6) is 5.75 Å². The lowest BCUT2D eigenvalue weighted by Gasteiger charge is -2.33. The number of anilines is 2. The average molecular weight is 298 g/mol. The molecule has 0 radical (unpaired) electrons. The van der Waals surface area contributed by atoms with Crippen LogP contribution in [0.4, 0.5) is 16.2 Å². The number of hydrogen-bond acceptors (Lipinski definition) is 3. The van der Waals surface area contributed by atoms with E-state index in [-0.39, 0.29) is 6.54 Å². The second-order valence-electron chi connectivity index (χ2n) is 4.82. The zero-order chi connectivity index (χ0) is 15.5. The molecule has 2 amide bonds. The molecular formula is C16H14N2O4. The van der Waals surface area contributed by atoms with Gasteiger partial charge in [0.25, 0.3) is 0 Å². The zero-order valence-electron chi connectivity index (χ0n) is 11.6. The van der Waals surface area contributed by atoms with Crippen LogP contribution in [0.1, 0.15) is 0 Å². The maximum absolute atomic E-state index is 12.5. The van der Waals surface area contributed by atoms with Gasteiger partial charge in [0.2, 0.25) is 6.10 Å². The van der Waals surface area contributed by atoms with E-state index in [2.05, 4.69) is 5.32 Å². The van der Waals surface area contributed by atoms with Crippen molar-refractivity contribution in [1.29, 1.82) is 0 Å². The molecule has 6 heteroatoms. The summed E-state index contributed by atoms with van der Waals surface area (Å²) in [7, 11) is 0. The molecule has 1 unspecified atom stereocenters. The topological polar surface area (TPSA) is 78.9 Å². The van der Waals surface area contributed by atoms with Gasteiger partial charge in [0.1, 0.15) is 5.75 Å². The van der Waals surface area contributed by atoms with E-state index in [9.17, 15) is 9.59 Å². The molecule has 0 spiro atoms. The molecule has 1 aliphatic heterocycles. The van der Waals surface area contributed by atoms with Crippen LogP contribution in [-0.4, -0.2) is 29.8 Å². The standard InChI is InChI=1S/C16H14N2O4/c19-15(20)14-10-18(12-8-4-5-9-13(12)22-14)16(21)17-11-6-2-1-3-7-11/h1-9,14H,10H2,(H,17,21)(H,19,20). The number of carbonyl (C=O) groups is 2. The minimum atomic E-state index is -1.10. The molecule has 112 valence electrons. The summed E-state index contributed by atoms with van der Waals surface area (Å²) in [5.41, 5.74) is 1.19. The van der Waals surface area contributed by atoms with Crippen LogP contribution < -0.4 is 15.0 Å². The number of para-hydroxylation sites is 3. The molecule has 0 aromatic heterocycles. The third-order valence-corrected chi connectivity index (χ3v) is 3.32. The third-order valence-electron chi connectivity index (χ3n) is 3.32. The number of ether oxygens (including phenoxy) is 1. The lowest BCUT2D eigenvalue weighted by atomic mass is 10.2. The van der Waals surface area contributed by atoms with Crippen molar-refractivity contribution in [2.75, 3.05) is 16.8 Å². The molecule has 2 aromatic rings. The van der Waals surface area contributed by atoms with Crippen LogP contribution >= 0.6 is 0 Å². The molecule has 2 N–H and O–H groups in total. The Morgan fingerprint density at radius 1 is 1.09 bits per heavy atom. The van der Waals surface area contributed by atoms with E-state index in [1.165, 1.54) is 4.90 Å². The number of nitrogens with zero attached hydrogens (tertiary/aromatic N) is 1. The van der Waals surface area contributed by atoms with Gasteiger partial charge in [0, 0.05) is 5.69 Å². The maximum atomic E-state index is 12.5.